The molecule has 148 valence electrons. The van der Waals surface area contributed by atoms with Gasteiger partial charge in [0.2, 0.25) is 0 Å². The van der Waals surface area contributed by atoms with Gasteiger partial charge in [0.25, 0.3) is 0 Å². The molecule has 12 heteroatoms. The van der Waals surface area contributed by atoms with Crippen molar-refractivity contribution in [2.45, 2.75) is 13.5 Å². The number of carbonyl (C=O) groups excluding carboxylic acids is 1. The molecular formula is C15H19FN4O6S. The Labute approximate surface area is 155 Å². The Morgan fingerprint density at radius 1 is 1.22 bits per heavy atom. The van der Waals surface area contributed by atoms with E-state index in [1.807, 2.05) is 0 Å². The van der Waals surface area contributed by atoms with E-state index >= 15 is 0 Å². The number of nitrogens with one attached hydrogen (secondary N) is 2. The van der Waals surface area contributed by atoms with Gasteiger partial charge in [-0.1, -0.05) is 12.1 Å². The van der Waals surface area contributed by atoms with Crippen LogP contribution >= 0.6 is 0 Å². The predicted molar refractivity (Wildman–Crippen MR) is 97.2 cm³/mol. The van der Waals surface area contributed by atoms with Gasteiger partial charge in [-0.25, -0.2) is 14.2 Å². The number of anilines is 3. The molecule has 0 aliphatic heterocycles. The molecule has 10 nitrogen and oxygen atoms in total. The van der Waals surface area contributed by atoms with Crippen LogP contribution in [0.5, 0.6) is 0 Å². The highest BCUT2D eigenvalue weighted by Gasteiger charge is 2.07. The first-order valence-corrected chi connectivity index (χ1v) is 8.86. The molecule has 0 aliphatic carbocycles. The molecule has 0 saturated carbocycles. The minimum absolute atomic E-state index is 0.178. The second-order valence-electron chi connectivity index (χ2n) is 4.90. The van der Waals surface area contributed by atoms with Gasteiger partial charge in [-0.15, -0.1) is 0 Å². The first-order valence-electron chi connectivity index (χ1n) is 7.47. The topological polar surface area (TPSA) is 164 Å². The van der Waals surface area contributed by atoms with Crippen molar-refractivity contribution >= 4 is 33.8 Å². The molecule has 0 bridgehead atoms. The fourth-order valence-electron chi connectivity index (χ4n) is 1.75. The fraction of sp³-hybridized carbons (Fsp3) is 0.200. The van der Waals surface area contributed by atoms with Crippen LogP contribution in [0.25, 0.3) is 0 Å². The van der Waals surface area contributed by atoms with E-state index in [9.17, 15) is 9.18 Å². The van der Waals surface area contributed by atoms with Crippen LogP contribution < -0.4 is 16.4 Å². The summed E-state index contributed by atoms with van der Waals surface area (Å²) in [7, 11) is -4.67. The SMILES string of the molecule is CCOC(=O)Nc1ccc(NCc2ccc(F)cc2)nc1N.O=S(=O)(O)O. The normalized spacial score (nSPS) is 10.4. The number of rotatable bonds is 5. The van der Waals surface area contributed by atoms with E-state index in [0.717, 1.165) is 5.56 Å². The van der Waals surface area contributed by atoms with Crippen LogP contribution in [0.3, 0.4) is 0 Å². The van der Waals surface area contributed by atoms with Gasteiger partial charge in [-0.3, -0.25) is 14.4 Å². The third kappa shape index (κ3) is 9.94. The third-order valence-corrected chi connectivity index (χ3v) is 2.82. The molecule has 0 atom stereocenters. The Kier molecular flexibility index (Phi) is 8.38. The Bertz CT molecular complexity index is 853. The van der Waals surface area contributed by atoms with Crippen molar-refractivity contribution in [3.05, 3.63) is 47.8 Å². The zero-order valence-electron chi connectivity index (χ0n) is 14.2. The van der Waals surface area contributed by atoms with Crippen molar-refractivity contribution in [2.24, 2.45) is 0 Å². The highest BCUT2D eigenvalue weighted by Crippen LogP contribution is 2.19. The Morgan fingerprint density at radius 2 is 1.81 bits per heavy atom. The molecule has 6 N–H and O–H groups in total. The molecule has 0 aliphatic rings. The molecule has 0 radical (unpaired) electrons. The first kappa shape index (κ1) is 22.1. The third-order valence-electron chi connectivity index (χ3n) is 2.82. The summed E-state index contributed by atoms with van der Waals surface area (Å²) in [5.41, 5.74) is 7.08. The lowest BCUT2D eigenvalue weighted by atomic mass is 10.2. The molecule has 2 aromatic rings. The van der Waals surface area contributed by atoms with E-state index in [2.05, 4.69) is 15.6 Å². The number of nitrogens with two attached hydrogens (primary N) is 1. The number of pyridine rings is 1. The number of carbonyl (C=O) groups is 1. The average Bonchev–Trinajstić information content (AvgIpc) is 2.55. The summed E-state index contributed by atoms with van der Waals surface area (Å²) in [6, 6.07) is 9.47. The van der Waals surface area contributed by atoms with Crippen LogP contribution in [0.1, 0.15) is 12.5 Å². The molecule has 2 rings (SSSR count). The summed E-state index contributed by atoms with van der Waals surface area (Å²) in [6.45, 7) is 2.47. The van der Waals surface area contributed by atoms with Crippen LogP contribution in [-0.2, 0) is 21.7 Å². The predicted octanol–water partition coefficient (Wildman–Crippen LogP) is 2.33. The minimum atomic E-state index is -4.67. The van der Waals surface area contributed by atoms with Crippen molar-refractivity contribution in [1.82, 2.24) is 4.98 Å². The lowest BCUT2D eigenvalue weighted by Crippen LogP contribution is -2.15. The number of nitrogens with zero attached hydrogens (tertiary/aromatic N) is 1. The maximum atomic E-state index is 12.8. The molecule has 27 heavy (non-hydrogen) atoms. The molecule has 0 unspecified atom stereocenters. The second-order valence-corrected chi connectivity index (χ2v) is 5.80. The summed E-state index contributed by atoms with van der Waals surface area (Å²) < 4.78 is 49.2. The van der Waals surface area contributed by atoms with Crippen molar-refractivity contribution < 1.29 is 31.4 Å². The van der Waals surface area contributed by atoms with Crippen LogP contribution in [0.15, 0.2) is 36.4 Å². The molecule has 0 fully saturated rings. The maximum Gasteiger partial charge on any atom is 0.411 e. The van der Waals surface area contributed by atoms with E-state index in [4.69, 9.17) is 28.0 Å². The van der Waals surface area contributed by atoms with Gasteiger partial charge in [0.1, 0.15) is 17.5 Å². The summed E-state index contributed by atoms with van der Waals surface area (Å²) in [6.07, 6.45) is -0.581. The monoisotopic (exact) mass is 402 g/mol. The highest BCUT2D eigenvalue weighted by molar-refractivity contribution is 7.79. The lowest BCUT2D eigenvalue weighted by Gasteiger charge is -2.10. The average molecular weight is 402 g/mol. The van der Waals surface area contributed by atoms with Gasteiger partial charge in [-0.05, 0) is 36.8 Å². The van der Waals surface area contributed by atoms with Gasteiger partial charge < -0.3 is 15.8 Å². The maximum absolute atomic E-state index is 12.8. The van der Waals surface area contributed by atoms with Crippen LogP contribution in [0.4, 0.5) is 26.5 Å². The summed E-state index contributed by atoms with van der Waals surface area (Å²) >= 11 is 0. The Balaban J connectivity index is 0.000000646. The summed E-state index contributed by atoms with van der Waals surface area (Å²) in [5.74, 6) is 0.453. The number of amides is 1. The summed E-state index contributed by atoms with van der Waals surface area (Å²) in [5, 5.41) is 5.57. The number of aromatic nitrogens is 1. The number of benzene rings is 1. The van der Waals surface area contributed by atoms with E-state index in [1.54, 1.807) is 31.2 Å². The van der Waals surface area contributed by atoms with Gasteiger partial charge in [0.05, 0.1) is 12.3 Å². The number of ether oxygens (including phenoxy) is 1. The number of nitrogen functional groups attached to an aromatic ring is 1. The van der Waals surface area contributed by atoms with Gasteiger partial charge >= 0.3 is 16.5 Å². The number of hydrogen-bond donors (Lipinski definition) is 5. The molecule has 1 amide bonds. The van der Waals surface area contributed by atoms with Gasteiger partial charge in [0.15, 0.2) is 0 Å². The van der Waals surface area contributed by atoms with Gasteiger partial charge in [0, 0.05) is 6.54 Å². The molecule has 0 saturated heterocycles. The largest absolute Gasteiger partial charge is 0.450 e. The molecule has 1 heterocycles. The van der Waals surface area contributed by atoms with Crippen LogP contribution in [-0.4, -0.2) is 35.2 Å². The molecule has 1 aromatic heterocycles. The van der Waals surface area contributed by atoms with Crippen molar-refractivity contribution in [2.75, 3.05) is 23.0 Å². The van der Waals surface area contributed by atoms with Crippen molar-refractivity contribution in [3.8, 4) is 0 Å². The minimum Gasteiger partial charge on any atom is -0.450 e. The molecule has 1 aromatic carbocycles. The van der Waals surface area contributed by atoms with Gasteiger partial charge in [-0.2, -0.15) is 8.42 Å². The molecular weight excluding hydrogens is 383 g/mol. The number of hydrogen-bond acceptors (Lipinski definition) is 7. The van der Waals surface area contributed by atoms with E-state index in [0.29, 0.717) is 18.1 Å². The van der Waals surface area contributed by atoms with E-state index in [1.165, 1.54) is 12.1 Å². The second kappa shape index (κ2) is 10.3. The fourth-order valence-corrected chi connectivity index (χ4v) is 1.75. The lowest BCUT2D eigenvalue weighted by molar-refractivity contribution is 0.168. The van der Waals surface area contributed by atoms with Crippen LogP contribution in [0, 0.1) is 5.82 Å². The Morgan fingerprint density at radius 3 is 2.33 bits per heavy atom. The van der Waals surface area contributed by atoms with Crippen LogP contribution in [0.2, 0.25) is 0 Å². The first-order chi connectivity index (χ1) is 12.6. The number of halogens is 1. The quantitative estimate of drug-likeness (QED) is 0.472. The Hall–Kier alpha value is -2.96. The smallest absolute Gasteiger partial charge is 0.411 e. The molecule has 0 spiro atoms. The highest BCUT2D eigenvalue weighted by atomic mass is 32.3. The van der Waals surface area contributed by atoms with E-state index < -0.39 is 16.5 Å². The zero-order chi connectivity index (χ0) is 20.4. The van der Waals surface area contributed by atoms with E-state index in [-0.39, 0.29) is 18.2 Å². The van der Waals surface area contributed by atoms with Crippen molar-refractivity contribution in [1.29, 1.82) is 0 Å². The standard InChI is InChI=1S/C15H17FN4O2.H2O4S/c1-2-22-15(21)19-12-7-8-13(20-14(12)17)18-9-10-3-5-11(16)6-4-10;1-5(2,3)4/h3-8H,2,9H2,1H3,(H,19,21)(H3,17,18,20);(H2,1,2,3,4). The zero-order valence-corrected chi connectivity index (χ0v) is 15.0. The summed E-state index contributed by atoms with van der Waals surface area (Å²) in [4.78, 5) is 15.5. The van der Waals surface area contributed by atoms with Crippen molar-refractivity contribution in [3.63, 3.8) is 0 Å².